The third-order valence-corrected chi connectivity index (χ3v) is 5.25. The number of benzene rings is 1. The van der Waals surface area contributed by atoms with Crippen molar-refractivity contribution in [3.63, 3.8) is 0 Å². The molecule has 0 aliphatic carbocycles. The SMILES string of the molecule is O=C(O)COc1ccc(NC(=O)CCC(=O)N2CCc3sccc3C2)cc1. The minimum absolute atomic E-state index is 0.0144. The van der Waals surface area contributed by atoms with E-state index in [4.69, 9.17) is 9.84 Å². The topological polar surface area (TPSA) is 95.9 Å². The number of carboxylic acid groups (broad SMARTS) is 1. The predicted octanol–water partition coefficient (Wildman–Crippen LogP) is 2.52. The Morgan fingerprint density at radius 1 is 1.15 bits per heavy atom. The van der Waals surface area contributed by atoms with Crippen LogP contribution in [0.15, 0.2) is 35.7 Å². The molecule has 0 saturated carbocycles. The fraction of sp³-hybridized carbons (Fsp3) is 0.316. The van der Waals surface area contributed by atoms with E-state index in [2.05, 4.69) is 11.4 Å². The molecule has 27 heavy (non-hydrogen) atoms. The number of nitrogens with one attached hydrogen (secondary N) is 1. The first-order chi connectivity index (χ1) is 13.0. The summed E-state index contributed by atoms with van der Waals surface area (Å²) in [5.41, 5.74) is 1.77. The summed E-state index contributed by atoms with van der Waals surface area (Å²) in [6.07, 6.45) is 1.16. The number of carbonyl (C=O) groups excluding carboxylic acids is 2. The zero-order valence-electron chi connectivity index (χ0n) is 14.6. The van der Waals surface area contributed by atoms with Crippen molar-refractivity contribution >= 4 is 34.8 Å². The van der Waals surface area contributed by atoms with E-state index >= 15 is 0 Å². The van der Waals surface area contributed by atoms with Gasteiger partial charge < -0.3 is 20.1 Å². The largest absolute Gasteiger partial charge is 0.482 e. The molecule has 0 unspecified atom stereocenters. The highest BCUT2D eigenvalue weighted by Gasteiger charge is 2.21. The van der Waals surface area contributed by atoms with E-state index < -0.39 is 12.6 Å². The first kappa shape index (κ1) is 18.9. The van der Waals surface area contributed by atoms with Crippen LogP contribution in [0, 0.1) is 0 Å². The molecule has 0 bridgehead atoms. The van der Waals surface area contributed by atoms with E-state index in [0.29, 0.717) is 24.5 Å². The molecule has 0 radical (unpaired) electrons. The highest BCUT2D eigenvalue weighted by molar-refractivity contribution is 7.10. The van der Waals surface area contributed by atoms with Gasteiger partial charge in [0.25, 0.3) is 0 Å². The van der Waals surface area contributed by atoms with Gasteiger partial charge in [-0.15, -0.1) is 11.3 Å². The predicted molar refractivity (Wildman–Crippen MR) is 101 cm³/mol. The second kappa shape index (κ2) is 8.68. The Morgan fingerprint density at radius 3 is 2.67 bits per heavy atom. The zero-order valence-corrected chi connectivity index (χ0v) is 15.5. The average Bonchev–Trinajstić information content (AvgIpc) is 3.13. The molecule has 1 aromatic carbocycles. The van der Waals surface area contributed by atoms with E-state index in [1.165, 1.54) is 10.4 Å². The van der Waals surface area contributed by atoms with Crippen molar-refractivity contribution in [2.24, 2.45) is 0 Å². The Bertz CT molecular complexity index is 831. The molecule has 3 rings (SSSR count). The van der Waals surface area contributed by atoms with Crippen LogP contribution in [0.2, 0.25) is 0 Å². The summed E-state index contributed by atoms with van der Waals surface area (Å²) in [6.45, 7) is 0.903. The molecule has 0 spiro atoms. The fourth-order valence-corrected chi connectivity index (χ4v) is 3.73. The zero-order chi connectivity index (χ0) is 19.2. The molecule has 2 N–H and O–H groups in total. The van der Waals surface area contributed by atoms with Crippen LogP contribution in [0.3, 0.4) is 0 Å². The Kier molecular flexibility index (Phi) is 6.08. The van der Waals surface area contributed by atoms with Crippen LogP contribution in [-0.2, 0) is 27.3 Å². The molecule has 1 aliphatic rings. The van der Waals surface area contributed by atoms with Gasteiger partial charge in [-0.05, 0) is 47.7 Å². The van der Waals surface area contributed by atoms with Gasteiger partial charge in [-0.2, -0.15) is 0 Å². The molecule has 0 saturated heterocycles. The van der Waals surface area contributed by atoms with Crippen molar-refractivity contribution in [2.45, 2.75) is 25.8 Å². The molecule has 142 valence electrons. The number of carbonyl (C=O) groups is 3. The van der Waals surface area contributed by atoms with Crippen LogP contribution in [-0.4, -0.2) is 40.9 Å². The van der Waals surface area contributed by atoms with Gasteiger partial charge in [-0.3, -0.25) is 9.59 Å². The highest BCUT2D eigenvalue weighted by atomic mass is 32.1. The Balaban J connectivity index is 1.43. The first-order valence-electron chi connectivity index (χ1n) is 8.59. The van der Waals surface area contributed by atoms with Gasteiger partial charge in [0, 0.05) is 36.5 Å². The third kappa shape index (κ3) is 5.30. The number of hydrogen-bond acceptors (Lipinski definition) is 5. The van der Waals surface area contributed by atoms with Crippen molar-refractivity contribution in [1.29, 1.82) is 0 Å². The van der Waals surface area contributed by atoms with Gasteiger partial charge in [0.2, 0.25) is 11.8 Å². The minimum Gasteiger partial charge on any atom is -0.482 e. The van der Waals surface area contributed by atoms with Crippen molar-refractivity contribution in [1.82, 2.24) is 4.90 Å². The van der Waals surface area contributed by atoms with E-state index in [1.807, 2.05) is 5.38 Å². The van der Waals surface area contributed by atoms with Crippen LogP contribution in [0.5, 0.6) is 5.75 Å². The molecule has 2 amide bonds. The summed E-state index contributed by atoms with van der Waals surface area (Å²) in [5, 5.41) is 13.3. The molecule has 2 aromatic rings. The van der Waals surface area contributed by atoms with Gasteiger partial charge >= 0.3 is 5.97 Å². The second-order valence-electron chi connectivity index (χ2n) is 6.19. The van der Waals surface area contributed by atoms with E-state index in [0.717, 1.165) is 6.42 Å². The molecule has 0 fully saturated rings. The summed E-state index contributed by atoms with van der Waals surface area (Å²) in [4.78, 5) is 38.0. The molecule has 2 heterocycles. The molecule has 0 atom stereocenters. The Morgan fingerprint density at radius 2 is 1.93 bits per heavy atom. The number of rotatable bonds is 7. The lowest BCUT2D eigenvalue weighted by atomic mass is 10.1. The quantitative estimate of drug-likeness (QED) is 0.760. The molecule has 1 aromatic heterocycles. The number of ether oxygens (including phenoxy) is 1. The number of nitrogens with zero attached hydrogens (tertiary/aromatic N) is 1. The molecule has 7 nitrogen and oxygen atoms in total. The standard InChI is InChI=1S/C19H20N2O5S/c22-17(20-14-1-3-15(4-2-14)26-12-19(24)25)5-6-18(23)21-9-7-16-13(11-21)8-10-27-16/h1-4,8,10H,5-7,9,11-12H2,(H,20,22)(H,24,25). The van der Waals surface area contributed by atoms with Crippen LogP contribution in [0.25, 0.3) is 0 Å². The van der Waals surface area contributed by atoms with Gasteiger partial charge in [0.15, 0.2) is 6.61 Å². The van der Waals surface area contributed by atoms with Gasteiger partial charge in [0.1, 0.15) is 5.75 Å². The second-order valence-corrected chi connectivity index (χ2v) is 7.19. The van der Waals surface area contributed by atoms with Gasteiger partial charge in [-0.25, -0.2) is 4.79 Å². The molecule has 1 aliphatic heterocycles. The van der Waals surface area contributed by atoms with E-state index in [9.17, 15) is 14.4 Å². The summed E-state index contributed by atoms with van der Waals surface area (Å²) in [6, 6.07) is 8.46. The monoisotopic (exact) mass is 388 g/mol. The number of anilines is 1. The molecule has 8 heteroatoms. The normalized spacial score (nSPS) is 13.0. The number of amides is 2. The summed E-state index contributed by atoms with van der Waals surface area (Å²) in [5.74, 6) is -0.903. The summed E-state index contributed by atoms with van der Waals surface area (Å²) >= 11 is 1.72. The van der Waals surface area contributed by atoms with Gasteiger partial charge in [0.05, 0.1) is 0 Å². The van der Waals surface area contributed by atoms with Crippen molar-refractivity contribution in [2.75, 3.05) is 18.5 Å². The van der Waals surface area contributed by atoms with Crippen LogP contribution in [0.1, 0.15) is 23.3 Å². The summed E-state index contributed by atoms with van der Waals surface area (Å²) in [7, 11) is 0. The van der Waals surface area contributed by atoms with Crippen LogP contribution < -0.4 is 10.1 Å². The smallest absolute Gasteiger partial charge is 0.341 e. The van der Waals surface area contributed by atoms with Crippen LogP contribution >= 0.6 is 11.3 Å². The van der Waals surface area contributed by atoms with E-state index in [1.54, 1.807) is 40.5 Å². The Labute approximate surface area is 160 Å². The lowest BCUT2D eigenvalue weighted by Crippen LogP contribution is -2.35. The maximum Gasteiger partial charge on any atom is 0.341 e. The number of fused-ring (bicyclic) bond motifs is 1. The number of carboxylic acids is 1. The van der Waals surface area contributed by atoms with Crippen molar-refractivity contribution in [3.8, 4) is 5.75 Å². The molecular weight excluding hydrogens is 368 g/mol. The lowest BCUT2D eigenvalue weighted by Gasteiger charge is -2.27. The maximum atomic E-state index is 12.3. The van der Waals surface area contributed by atoms with Gasteiger partial charge in [-0.1, -0.05) is 0 Å². The Hall–Kier alpha value is -2.87. The highest BCUT2D eigenvalue weighted by Crippen LogP contribution is 2.24. The fourth-order valence-electron chi connectivity index (χ4n) is 2.84. The number of aliphatic carboxylic acids is 1. The first-order valence-corrected chi connectivity index (χ1v) is 9.47. The van der Waals surface area contributed by atoms with E-state index in [-0.39, 0.29) is 24.7 Å². The minimum atomic E-state index is -1.05. The maximum absolute atomic E-state index is 12.3. The number of thiophene rings is 1. The van der Waals surface area contributed by atoms with Crippen molar-refractivity contribution < 1.29 is 24.2 Å². The lowest BCUT2D eigenvalue weighted by molar-refractivity contribution is -0.139. The van der Waals surface area contributed by atoms with Crippen molar-refractivity contribution in [3.05, 3.63) is 46.2 Å². The van der Waals surface area contributed by atoms with Crippen LogP contribution in [0.4, 0.5) is 5.69 Å². The third-order valence-electron chi connectivity index (χ3n) is 4.23. The summed E-state index contributed by atoms with van der Waals surface area (Å²) < 4.78 is 5.03. The molecular formula is C19H20N2O5S. The number of hydrogen-bond donors (Lipinski definition) is 2. The average molecular weight is 388 g/mol.